The van der Waals surface area contributed by atoms with Gasteiger partial charge in [-0.25, -0.2) is 8.42 Å². The second-order valence-electron chi connectivity index (χ2n) is 5.10. The van der Waals surface area contributed by atoms with Gasteiger partial charge in [-0.15, -0.1) is 0 Å². The van der Waals surface area contributed by atoms with E-state index in [9.17, 15) is 8.42 Å². The minimum Gasteiger partial charge on any atom is -0.383 e. The van der Waals surface area contributed by atoms with E-state index >= 15 is 0 Å². The predicted molar refractivity (Wildman–Crippen MR) is 84.8 cm³/mol. The summed E-state index contributed by atoms with van der Waals surface area (Å²) in [4.78, 5) is 0.326. The van der Waals surface area contributed by atoms with E-state index in [0.717, 1.165) is 5.56 Å². The molecule has 0 aromatic heterocycles. The van der Waals surface area contributed by atoms with E-state index in [4.69, 9.17) is 4.74 Å². The van der Waals surface area contributed by atoms with Crippen molar-refractivity contribution < 1.29 is 13.2 Å². The van der Waals surface area contributed by atoms with Crippen LogP contribution >= 0.6 is 0 Å². The maximum Gasteiger partial charge on any atom is 0.243 e. The maximum atomic E-state index is 12.8. The van der Waals surface area contributed by atoms with Gasteiger partial charge in [-0.3, -0.25) is 0 Å². The number of benzene rings is 1. The first-order valence-corrected chi connectivity index (χ1v) is 8.60. The first kappa shape index (κ1) is 18.1. The van der Waals surface area contributed by atoms with E-state index in [2.05, 4.69) is 5.32 Å². The van der Waals surface area contributed by atoms with Gasteiger partial charge in [-0.2, -0.15) is 4.31 Å². The number of rotatable bonds is 8. The Morgan fingerprint density at radius 3 is 2.52 bits per heavy atom. The third-order valence-electron chi connectivity index (χ3n) is 3.61. The second-order valence-corrected chi connectivity index (χ2v) is 6.99. The van der Waals surface area contributed by atoms with Gasteiger partial charge in [0.05, 0.1) is 11.5 Å². The van der Waals surface area contributed by atoms with Gasteiger partial charge >= 0.3 is 0 Å². The largest absolute Gasteiger partial charge is 0.383 e. The van der Waals surface area contributed by atoms with Gasteiger partial charge in [-0.05, 0) is 38.6 Å². The molecule has 21 heavy (non-hydrogen) atoms. The molecule has 1 rings (SSSR count). The molecule has 1 N–H and O–H groups in total. The van der Waals surface area contributed by atoms with Gasteiger partial charge < -0.3 is 10.1 Å². The molecule has 0 amide bonds. The van der Waals surface area contributed by atoms with Gasteiger partial charge in [0, 0.05) is 25.7 Å². The van der Waals surface area contributed by atoms with Crippen LogP contribution < -0.4 is 5.32 Å². The molecule has 0 saturated carbocycles. The summed E-state index contributed by atoms with van der Waals surface area (Å²) in [5.74, 6) is 0. The molecule has 0 fully saturated rings. The number of sulfonamides is 1. The van der Waals surface area contributed by atoms with Crippen LogP contribution in [0.15, 0.2) is 29.2 Å². The zero-order valence-corrected chi connectivity index (χ0v) is 14.3. The highest BCUT2D eigenvalue weighted by molar-refractivity contribution is 7.89. The average Bonchev–Trinajstić information content (AvgIpc) is 2.47. The number of methoxy groups -OCH3 is 1. The van der Waals surface area contributed by atoms with Crippen LogP contribution in [-0.2, 0) is 14.8 Å². The van der Waals surface area contributed by atoms with Crippen molar-refractivity contribution >= 4 is 10.0 Å². The smallest absolute Gasteiger partial charge is 0.243 e. The van der Waals surface area contributed by atoms with Gasteiger partial charge in [0.25, 0.3) is 0 Å². The van der Waals surface area contributed by atoms with Crippen molar-refractivity contribution in [3.05, 3.63) is 29.8 Å². The van der Waals surface area contributed by atoms with E-state index < -0.39 is 10.0 Å². The SMILES string of the molecule is CCN(C(C)COC)S(=O)(=O)c1cccc(C(C)NC)c1. The maximum absolute atomic E-state index is 12.8. The molecule has 1 aromatic rings. The summed E-state index contributed by atoms with van der Waals surface area (Å²) in [6.45, 7) is 6.48. The third-order valence-corrected chi connectivity index (χ3v) is 5.69. The van der Waals surface area contributed by atoms with Crippen molar-refractivity contribution in [2.24, 2.45) is 0 Å². The van der Waals surface area contributed by atoms with Crippen LogP contribution in [0.3, 0.4) is 0 Å². The molecular weight excluding hydrogens is 288 g/mol. The summed E-state index contributed by atoms with van der Waals surface area (Å²) in [6, 6.07) is 6.99. The fourth-order valence-electron chi connectivity index (χ4n) is 2.29. The first-order chi connectivity index (χ1) is 9.88. The van der Waals surface area contributed by atoms with E-state index in [-0.39, 0.29) is 12.1 Å². The van der Waals surface area contributed by atoms with Crippen molar-refractivity contribution in [1.82, 2.24) is 9.62 Å². The van der Waals surface area contributed by atoms with Crippen molar-refractivity contribution in [2.75, 3.05) is 27.3 Å². The third kappa shape index (κ3) is 4.26. The van der Waals surface area contributed by atoms with Crippen LogP contribution in [0.1, 0.15) is 32.4 Å². The molecule has 0 aliphatic heterocycles. The Balaban J connectivity index is 3.17. The molecule has 6 heteroatoms. The summed E-state index contributed by atoms with van der Waals surface area (Å²) in [7, 11) is -0.0836. The van der Waals surface area contributed by atoms with Crippen molar-refractivity contribution in [3.8, 4) is 0 Å². The van der Waals surface area contributed by atoms with Crippen LogP contribution in [0.2, 0.25) is 0 Å². The van der Waals surface area contributed by atoms with Crippen LogP contribution in [0.5, 0.6) is 0 Å². The highest BCUT2D eigenvalue weighted by Crippen LogP contribution is 2.22. The molecule has 0 saturated heterocycles. The number of ether oxygens (including phenoxy) is 1. The predicted octanol–water partition coefficient (Wildman–Crippen LogP) is 2.01. The van der Waals surface area contributed by atoms with E-state index in [0.29, 0.717) is 18.0 Å². The molecule has 5 nitrogen and oxygen atoms in total. The monoisotopic (exact) mass is 314 g/mol. The standard InChI is InChI=1S/C15H26N2O3S/c1-6-17(12(2)11-20-5)21(18,19)15-9-7-8-14(10-15)13(3)16-4/h7-10,12-13,16H,6,11H2,1-5H3. The Hall–Kier alpha value is -0.950. The van der Waals surface area contributed by atoms with Crippen LogP contribution in [0.25, 0.3) is 0 Å². The lowest BCUT2D eigenvalue weighted by Gasteiger charge is -2.27. The Morgan fingerprint density at radius 2 is 2.00 bits per heavy atom. The Labute approximate surface area is 128 Å². The number of nitrogens with one attached hydrogen (secondary N) is 1. The minimum atomic E-state index is -3.51. The molecule has 0 spiro atoms. The Kier molecular flexibility index (Phi) is 6.80. The summed E-state index contributed by atoms with van der Waals surface area (Å²) < 4.78 is 32.1. The van der Waals surface area contributed by atoms with E-state index in [1.807, 2.05) is 33.9 Å². The summed E-state index contributed by atoms with van der Waals surface area (Å²) in [5, 5.41) is 3.12. The zero-order valence-electron chi connectivity index (χ0n) is 13.5. The highest BCUT2D eigenvalue weighted by atomic mass is 32.2. The lowest BCUT2D eigenvalue weighted by molar-refractivity contribution is 0.142. The molecule has 1 aromatic carbocycles. The van der Waals surface area contributed by atoms with Crippen LogP contribution in [-0.4, -0.2) is 46.1 Å². The summed E-state index contributed by atoms with van der Waals surface area (Å²) in [6.07, 6.45) is 0. The minimum absolute atomic E-state index is 0.103. The van der Waals surface area contributed by atoms with Gasteiger partial charge in [-0.1, -0.05) is 19.1 Å². The number of hydrogen-bond acceptors (Lipinski definition) is 4. The topological polar surface area (TPSA) is 58.6 Å². The average molecular weight is 314 g/mol. The lowest BCUT2D eigenvalue weighted by atomic mass is 10.1. The van der Waals surface area contributed by atoms with Gasteiger partial charge in [0.2, 0.25) is 10.0 Å². The molecule has 0 heterocycles. The molecule has 120 valence electrons. The molecule has 2 unspecified atom stereocenters. The van der Waals surface area contributed by atoms with Gasteiger partial charge in [0.15, 0.2) is 0 Å². The van der Waals surface area contributed by atoms with Gasteiger partial charge in [0.1, 0.15) is 0 Å². The van der Waals surface area contributed by atoms with Crippen molar-refractivity contribution in [1.29, 1.82) is 0 Å². The summed E-state index contributed by atoms with van der Waals surface area (Å²) in [5.41, 5.74) is 0.953. The van der Waals surface area contributed by atoms with E-state index in [1.54, 1.807) is 25.3 Å². The van der Waals surface area contributed by atoms with Crippen molar-refractivity contribution in [3.63, 3.8) is 0 Å². The second kappa shape index (κ2) is 7.89. The molecular formula is C15H26N2O3S. The Morgan fingerprint density at radius 1 is 1.33 bits per heavy atom. The van der Waals surface area contributed by atoms with Crippen LogP contribution in [0.4, 0.5) is 0 Å². The molecule has 0 aliphatic rings. The quantitative estimate of drug-likeness (QED) is 0.797. The fourth-order valence-corrected chi connectivity index (χ4v) is 3.97. The van der Waals surface area contributed by atoms with Crippen LogP contribution in [0, 0.1) is 0 Å². The molecule has 0 aliphatic carbocycles. The summed E-state index contributed by atoms with van der Waals surface area (Å²) >= 11 is 0. The van der Waals surface area contributed by atoms with Crippen molar-refractivity contribution in [2.45, 2.75) is 37.8 Å². The number of nitrogens with zero attached hydrogens (tertiary/aromatic N) is 1. The zero-order chi connectivity index (χ0) is 16.0. The normalized spacial score (nSPS) is 15.1. The number of hydrogen-bond donors (Lipinski definition) is 1. The number of likely N-dealkylation sites (N-methyl/N-ethyl adjacent to an activating group) is 1. The molecule has 0 radical (unpaired) electrons. The van der Waals surface area contributed by atoms with E-state index in [1.165, 1.54) is 4.31 Å². The Bertz CT molecular complexity index is 546. The lowest BCUT2D eigenvalue weighted by Crippen LogP contribution is -2.40. The molecule has 0 bridgehead atoms. The highest BCUT2D eigenvalue weighted by Gasteiger charge is 2.28. The first-order valence-electron chi connectivity index (χ1n) is 7.16. The fraction of sp³-hybridized carbons (Fsp3) is 0.600. The molecule has 2 atom stereocenters.